The van der Waals surface area contributed by atoms with Gasteiger partial charge in [-0.25, -0.2) is 4.79 Å². The Balaban J connectivity index is 1.97. The lowest BCUT2D eigenvalue weighted by Gasteiger charge is -2.37. The van der Waals surface area contributed by atoms with Crippen molar-refractivity contribution in [2.75, 3.05) is 36.8 Å². The normalized spacial score (nSPS) is 16.0. The number of nitrogens with two attached hydrogens (primary N) is 1. The van der Waals surface area contributed by atoms with E-state index in [1.807, 2.05) is 20.8 Å². The number of nitrogen functional groups attached to an aromatic ring is 1. The minimum Gasteiger partial charge on any atom is -0.508 e. The van der Waals surface area contributed by atoms with Crippen molar-refractivity contribution in [2.45, 2.75) is 26.4 Å². The maximum Gasteiger partial charge on any atom is 0.410 e. The van der Waals surface area contributed by atoms with Crippen LogP contribution in [0.3, 0.4) is 0 Å². The molecule has 1 aromatic rings. The van der Waals surface area contributed by atoms with Crippen LogP contribution in [0.2, 0.25) is 0 Å². The van der Waals surface area contributed by atoms with Crippen LogP contribution in [0.4, 0.5) is 16.2 Å². The van der Waals surface area contributed by atoms with E-state index in [0.717, 1.165) is 5.69 Å². The van der Waals surface area contributed by atoms with Gasteiger partial charge in [0.2, 0.25) is 0 Å². The fourth-order valence-corrected chi connectivity index (χ4v) is 2.26. The summed E-state index contributed by atoms with van der Waals surface area (Å²) in [6.45, 7) is 8.03. The molecular weight excluding hydrogens is 270 g/mol. The van der Waals surface area contributed by atoms with Gasteiger partial charge in [0, 0.05) is 32.2 Å². The molecule has 116 valence electrons. The maximum absolute atomic E-state index is 12.0. The van der Waals surface area contributed by atoms with E-state index in [-0.39, 0.29) is 11.8 Å². The van der Waals surface area contributed by atoms with Crippen LogP contribution in [0.5, 0.6) is 5.75 Å². The second-order valence-corrected chi connectivity index (χ2v) is 6.20. The summed E-state index contributed by atoms with van der Waals surface area (Å²) in [5.41, 5.74) is 6.89. The second-order valence-electron chi connectivity index (χ2n) is 6.20. The quantitative estimate of drug-likeness (QED) is 0.612. The first kappa shape index (κ1) is 15.3. The van der Waals surface area contributed by atoms with Crippen molar-refractivity contribution < 1.29 is 14.6 Å². The average molecular weight is 293 g/mol. The molecular formula is C15H23N3O3. The highest BCUT2D eigenvalue weighted by Crippen LogP contribution is 2.28. The Labute approximate surface area is 125 Å². The number of benzene rings is 1. The van der Waals surface area contributed by atoms with Gasteiger partial charge >= 0.3 is 6.09 Å². The summed E-state index contributed by atoms with van der Waals surface area (Å²) < 4.78 is 5.36. The van der Waals surface area contributed by atoms with Crippen LogP contribution in [0.25, 0.3) is 0 Å². The molecule has 0 unspecified atom stereocenters. The van der Waals surface area contributed by atoms with E-state index in [1.165, 1.54) is 0 Å². The van der Waals surface area contributed by atoms with Crippen LogP contribution in [0, 0.1) is 0 Å². The third-order valence-corrected chi connectivity index (χ3v) is 3.29. The molecule has 6 nitrogen and oxygen atoms in total. The zero-order valence-corrected chi connectivity index (χ0v) is 12.8. The number of rotatable bonds is 1. The summed E-state index contributed by atoms with van der Waals surface area (Å²) >= 11 is 0. The molecule has 0 spiro atoms. The molecule has 0 aliphatic carbocycles. The van der Waals surface area contributed by atoms with E-state index >= 15 is 0 Å². The van der Waals surface area contributed by atoms with Crippen molar-refractivity contribution in [3.63, 3.8) is 0 Å². The third-order valence-electron chi connectivity index (χ3n) is 3.29. The third kappa shape index (κ3) is 3.93. The topological polar surface area (TPSA) is 79.0 Å². The van der Waals surface area contributed by atoms with Crippen molar-refractivity contribution in [3.05, 3.63) is 18.2 Å². The lowest BCUT2D eigenvalue weighted by atomic mass is 10.2. The van der Waals surface area contributed by atoms with Crippen molar-refractivity contribution in [1.82, 2.24) is 4.90 Å². The van der Waals surface area contributed by atoms with E-state index in [2.05, 4.69) is 4.90 Å². The Morgan fingerprint density at radius 3 is 2.43 bits per heavy atom. The fraction of sp³-hybridized carbons (Fsp3) is 0.533. The Morgan fingerprint density at radius 2 is 1.86 bits per heavy atom. The summed E-state index contributed by atoms with van der Waals surface area (Å²) in [4.78, 5) is 15.8. The number of nitrogens with zero attached hydrogens (tertiary/aromatic N) is 2. The number of phenols is 1. The molecule has 3 N–H and O–H groups in total. The van der Waals surface area contributed by atoms with Crippen molar-refractivity contribution >= 4 is 17.5 Å². The maximum atomic E-state index is 12.0. The molecule has 2 rings (SSSR count). The van der Waals surface area contributed by atoms with E-state index in [4.69, 9.17) is 10.5 Å². The number of aromatic hydroxyl groups is 1. The minimum atomic E-state index is -0.482. The lowest BCUT2D eigenvalue weighted by Crippen LogP contribution is -2.50. The summed E-state index contributed by atoms with van der Waals surface area (Å²) in [6, 6.07) is 4.90. The van der Waals surface area contributed by atoms with Gasteiger partial charge < -0.3 is 25.4 Å². The number of carbonyl (C=O) groups is 1. The van der Waals surface area contributed by atoms with Gasteiger partial charge in [0.15, 0.2) is 0 Å². The van der Waals surface area contributed by atoms with Crippen LogP contribution in [0.1, 0.15) is 20.8 Å². The number of phenolic OH excluding ortho intramolecular Hbond substituents is 1. The first-order chi connectivity index (χ1) is 9.76. The van der Waals surface area contributed by atoms with Crippen LogP contribution in [0.15, 0.2) is 18.2 Å². The molecule has 1 fully saturated rings. The highest BCUT2D eigenvalue weighted by Gasteiger charge is 2.26. The Kier molecular flexibility index (Phi) is 4.16. The van der Waals surface area contributed by atoms with Gasteiger partial charge in [0.25, 0.3) is 0 Å². The highest BCUT2D eigenvalue weighted by molar-refractivity contribution is 5.71. The number of carbonyl (C=O) groups excluding carboxylic acids is 1. The molecule has 0 radical (unpaired) electrons. The van der Waals surface area contributed by atoms with Gasteiger partial charge in [-0.15, -0.1) is 0 Å². The largest absolute Gasteiger partial charge is 0.508 e. The predicted octanol–water partition coefficient (Wildman–Crippen LogP) is 2.03. The van der Waals surface area contributed by atoms with Crippen LogP contribution in [-0.2, 0) is 4.74 Å². The lowest BCUT2D eigenvalue weighted by molar-refractivity contribution is 0.0240. The molecule has 1 aliphatic heterocycles. The van der Waals surface area contributed by atoms with Gasteiger partial charge in [-0.3, -0.25) is 0 Å². The summed E-state index contributed by atoms with van der Waals surface area (Å²) in [7, 11) is 0. The zero-order valence-electron chi connectivity index (χ0n) is 12.8. The number of hydrogen-bond acceptors (Lipinski definition) is 5. The summed E-state index contributed by atoms with van der Waals surface area (Å²) in [5.74, 6) is 0.189. The number of hydrogen-bond donors (Lipinski definition) is 2. The molecule has 0 atom stereocenters. The first-order valence-electron chi connectivity index (χ1n) is 7.07. The van der Waals surface area contributed by atoms with E-state index in [9.17, 15) is 9.90 Å². The fourth-order valence-electron chi connectivity index (χ4n) is 2.26. The average Bonchev–Trinajstić information content (AvgIpc) is 2.40. The number of amides is 1. The van der Waals surface area contributed by atoms with Gasteiger partial charge in [0.05, 0.1) is 11.4 Å². The first-order valence-corrected chi connectivity index (χ1v) is 7.07. The van der Waals surface area contributed by atoms with Crippen LogP contribution >= 0.6 is 0 Å². The molecule has 21 heavy (non-hydrogen) atoms. The summed E-state index contributed by atoms with van der Waals surface area (Å²) in [6.07, 6.45) is -0.286. The number of piperazine rings is 1. The van der Waals surface area contributed by atoms with Crippen molar-refractivity contribution in [3.8, 4) is 5.75 Å². The summed E-state index contributed by atoms with van der Waals surface area (Å²) in [5, 5.41) is 9.57. The van der Waals surface area contributed by atoms with Crippen LogP contribution in [-0.4, -0.2) is 47.9 Å². The molecule has 1 heterocycles. The number of anilines is 2. The SMILES string of the molecule is CC(C)(C)OC(=O)N1CCN(c2cc(O)ccc2N)CC1. The highest BCUT2D eigenvalue weighted by atomic mass is 16.6. The molecule has 1 saturated heterocycles. The van der Waals surface area contributed by atoms with Gasteiger partial charge in [0.1, 0.15) is 11.4 Å². The molecule has 1 aliphatic rings. The van der Waals surface area contributed by atoms with E-state index in [0.29, 0.717) is 31.9 Å². The molecule has 6 heteroatoms. The van der Waals surface area contributed by atoms with Gasteiger partial charge in [-0.2, -0.15) is 0 Å². The monoisotopic (exact) mass is 293 g/mol. The number of ether oxygens (including phenoxy) is 1. The van der Waals surface area contributed by atoms with Gasteiger partial charge in [-0.05, 0) is 32.9 Å². The standard InChI is InChI=1S/C15H23N3O3/c1-15(2,3)21-14(20)18-8-6-17(7-9-18)13-10-11(19)4-5-12(13)16/h4-5,10,19H,6-9,16H2,1-3H3. The Hall–Kier alpha value is -2.11. The van der Waals surface area contributed by atoms with Crippen molar-refractivity contribution in [2.24, 2.45) is 0 Å². The molecule has 0 aromatic heterocycles. The molecule has 1 aromatic carbocycles. The molecule has 0 saturated carbocycles. The van der Waals surface area contributed by atoms with Crippen LogP contribution < -0.4 is 10.6 Å². The predicted molar refractivity (Wildman–Crippen MR) is 82.5 cm³/mol. The Morgan fingerprint density at radius 1 is 1.24 bits per heavy atom. The van der Waals surface area contributed by atoms with Gasteiger partial charge in [-0.1, -0.05) is 0 Å². The minimum absolute atomic E-state index is 0.189. The molecule has 1 amide bonds. The Bertz CT molecular complexity index is 517. The smallest absolute Gasteiger partial charge is 0.410 e. The van der Waals surface area contributed by atoms with Crippen molar-refractivity contribution in [1.29, 1.82) is 0 Å². The molecule has 0 bridgehead atoms. The van der Waals surface area contributed by atoms with E-state index < -0.39 is 5.60 Å². The second kappa shape index (κ2) is 5.71. The zero-order chi connectivity index (χ0) is 15.6. The van der Waals surface area contributed by atoms with E-state index in [1.54, 1.807) is 23.1 Å².